The largest absolute Gasteiger partial charge is 0.294 e. The minimum absolute atomic E-state index is 0.235. The fourth-order valence-corrected chi connectivity index (χ4v) is 3.08. The Morgan fingerprint density at radius 1 is 1.22 bits per heavy atom. The molecule has 18 heavy (non-hydrogen) atoms. The summed E-state index contributed by atoms with van der Waals surface area (Å²) in [6, 6.07) is 12.2. The van der Waals surface area contributed by atoms with Crippen molar-refractivity contribution in [2.24, 2.45) is 0 Å². The molecule has 2 aromatic rings. The van der Waals surface area contributed by atoms with Gasteiger partial charge in [0.1, 0.15) is 0 Å². The number of carbonyl (C=O) groups excluding carboxylic acids is 1. The summed E-state index contributed by atoms with van der Waals surface area (Å²) in [5.74, 6) is 0.929. The first-order valence-electron chi connectivity index (χ1n) is 6.48. The third-order valence-corrected chi connectivity index (χ3v) is 4.58. The van der Waals surface area contributed by atoms with E-state index < -0.39 is 0 Å². The number of thiophene rings is 1. The fourth-order valence-electron chi connectivity index (χ4n) is 2.38. The predicted octanol–water partition coefficient (Wildman–Crippen LogP) is 4.44. The van der Waals surface area contributed by atoms with Gasteiger partial charge in [0.15, 0.2) is 5.78 Å². The van der Waals surface area contributed by atoms with Crippen molar-refractivity contribution in [3.05, 3.63) is 57.8 Å². The Hall–Kier alpha value is -1.41. The molecule has 2 heteroatoms. The minimum Gasteiger partial charge on any atom is -0.294 e. The van der Waals surface area contributed by atoms with Crippen LogP contribution < -0.4 is 0 Å². The van der Waals surface area contributed by atoms with Crippen molar-refractivity contribution in [1.29, 1.82) is 0 Å². The zero-order chi connectivity index (χ0) is 12.4. The smallest absolute Gasteiger partial charge is 0.168 e. The van der Waals surface area contributed by atoms with E-state index in [1.54, 1.807) is 11.3 Å². The van der Waals surface area contributed by atoms with Gasteiger partial charge in [-0.1, -0.05) is 30.7 Å². The summed E-state index contributed by atoms with van der Waals surface area (Å²) >= 11 is 1.65. The molecule has 1 fully saturated rings. The lowest BCUT2D eigenvalue weighted by atomic mass is 9.79. The van der Waals surface area contributed by atoms with Gasteiger partial charge < -0.3 is 0 Å². The van der Waals surface area contributed by atoms with Gasteiger partial charge in [0.2, 0.25) is 0 Å². The van der Waals surface area contributed by atoms with E-state index in [9.17, 15) is 4.79 Å². The lowest BCUT2D eigenvalue weighted by Gasteiger charge is -2.26. The number of benzene rings is 1. The topological polar surface area (TPSA) is 17.1 Å². The molecule has 1 aliphatic rings. The molecular weight excluding hydrogens is 240 g/mol. The summed E-state index contributed by atoms with van der Waals surface area (Å²) < 4.78 is 0. The molecule has 1 aliphatic carbocycles. The number of rotatable bonds is 4. The summed E-state index contributed by atoms with van der Waals surface area (Å²) in [5, 5.41) is 2.02. The number of carbonyl (C=O) groups is 1. The first kappa shape index (κ1) is 11.7. The fraction of sp³-hybridized carbons (Fsp3) is 0.312. The Balaban J connectivity index is 1.76. The van der Waals surface area contributed by atoms with Crippen LogP contribution in [0.15, 0.2) is 41.8 Å². The Morgan fingerprint density at radius 2 is 2.11 bits per heavy atom. The van der Waals surface area contributed by atoms with Gasteiger partial charge in [-0.2, -0.15) is 0 Å². The number of hydrogen-bond acceptors (Lipinski definition) is 2. The molecule has 0 atom stereocenters. The van der Waals surface area contributed by atoms with Crippen LogP contribution in [0.25, 0.3) is 0 Å². The average Bonchev–Trinajstić information content (AvgIpc) is 2.80. The third kappa shape index (κ3) is 2.39. The lowest BCUT2D eigenvalue weighted by Crippen LogP contribution is -2.10. The van der Waals surface area contributed by atoms with Crippen molar-refractivity contribution in [2.75, 3.05) is 0 Å². The molecule has 1 nitrogen and oxygen atoms in total. The highest BCUT2D eigenvalue weighted by Gasteiger charge is 2.20. The molecule has 0 unspecified atom stereocenters. The maximum Gasteiger partial charge on any atom is 0.168 e. The van der Waals surface area contributed by atoms with E-state index in [4.69, 9.17) is 0 Å². The molecule has 0 radical (unpaired) electrons. The second-order valence-corrected chi connectivity index (χ2v) is 5.96. The third-order valence-electron chi connectivity index (χ3n) is 3.70. The Kier molecular flexibility index (Phi) is 3.28. The van der Waals surface area contributed by atoms with Crippen molar-refractivity contribution >= 4 is 17.1 Å². The normalized spacial score (nSPS) is 15.3. The van der Waals surface area contributed by atoms with Crippen molar-refractivity contribution in [3.8, 4) is 0 Å². The van der Waals surface area contributed by atoms with Crippen LogP contribution in [0.4, 0.5) is 0 Å². The molecule has 1 aromatic carbocycles. The maximum absolute atomic E-state index is 12.2. The Morgan fingerprint density at radius 3 is 2.78 bits per heavy atom. The predicted molar refractivity (Wildman–Crippen MR) is 75.4 cm³/mol. The molecule has 0 N–H and O–H groups in total. The summed E-state index contributed by atoms with van der Waals surface area (Å²) in [6.07, 6.45) is 4.43. The quantitative estimate of drug-likeness (QED) is 0.739. The van der Waals surface area contributed by atoms with E-state index in [2.05, 4.69) is 12.1 Å². The van der Waals surface area contributed by atoms with Gasteiger partial charge in [-0.25, -0.2) is 0 Å². The van der Waals surface area contributed by atoms with Crippen LogP contribution in [0.3, 0.4) is 0 Å². The van der Waals surface area contributed by atoms with Gasteiger partial charge in [-0.15, -0.1) is 11.3 Å². The second kappa shape index (κ2) is 5.07. The summed E-state index contributed by atoms with van der Waals surface area (Å²) in [6.45, 7) is 0. The second-order valence-electron chi connectivity index (χ2n) is 4.93. The van der Waals surface area contributed by atoms with Gasteiger partial charge in [0.05, 0.1) is 0 Å². The maximum atomic E-state index is 12.2. The van der Waals surface area contributed by atoms with E-state index in [1.165, 1.54) is 24.8 Å². The molecule has 0 aliphatic heterocycles. The average molecular weight is 256 g/mol. The first-order chi connectivity index (χ1) is 8.83. The molecule has 0 amide bonds. The number of ketones is 1. The molecule has 0 spiro atoms. The zero-order valence-electron chi connectivity index (χ0n) is 10.3. The van der Waals surface area contributed by atoms with Crippen molar-refractivity contribution in [1.82, 2.24) is 0 Å². The number of hydrogen-bond donors (Lipinski definition) is 0. The molecule has 1 heterocycles. The highest BCUT2D eigenvalue weighted by atomic mass is 32.1. The molecular formula is C16H16OS. The van der Waals surface area contributed by atoms with E-state index in [1.807, 2.05) is 29.6 Å². The minimum atomic E-state index is 0.235. The summed E-state index contributed by atoms with van der Waals surface area (Å²) in [7, 11) is 0. The van der Waals surface area contributed by atoms with Crippen LogP contribution in [0, 0.1) is 0 Å². The first-order valence-corrected chi connectivity index (χ1v) is 7.36. The van der Waals surface area contributed by atoms with Crippen LogP contribution in [-0.2, 0) is 6.42 Å². The van der Waals surface area contributed by atoms with Gasteiger partial charge in [0, 0.05) is 16.9 Å². The molecule has 3 rings (SSSR count). The van der Waals surface area contributed by atoms with E-state index in [0.29, 0.717) is 12.3 Å². The van der Waals surface area contributed by atoms with Crippen molar-refractivity contribution in [3.63, 3.8) is 0 Å². The summed E-state index contributed by atoms with van der Waals surface area (Å²) in [4.78, 5) is 13.3. The SMILES string of the molecule is O=C(Cc1cccs1)c1cccc(C2CCC2)c1. The van der Waals surface area contributed by atoms with Crippen LogP contribution in [0.1, 0.15) is 46.0 Å². The van der Waals surface area contributed by atoms with Crippen LogP contribution in [0.5, 0.6) is 0 Å². The molecule has 0 saturated heterocycles. The van der Waals surface area contributed by atoms with Gasteiger partial charge in [-0.05, 0) is 41.8 Å². The Bertz CT molecular complexity index is 538. The van der Waals surface area contributed by atoms with Crippen molar-refractivity contribution < 1.29 is 4.79 Å². The molecule has 0 bridgehead atoms. The van der Waals surface area contributed by atoms with Gasteiger partial charge in [-0.3, -0.25) is 4.79 Å². The number of Topliss-reactive ketones (excluding diaryl/α,β-unsaturated/α-hetero) is 1. The van der Waals surface area contributed by atoms with E-state index in [-0.39, 0.29) is 5.78 Å². The molecule has 92 valence electrons. The summed E-state index contributed by atoms with van der Waals surface area (Å²) in [5.41, 5.74) is 2.21. The van der Waals surface area contributed by atoms with Gasteiger partial charge >= 0.3 is 0 Å². The van der Waals surface area contributed by atoms with Crippen LogP contribution in [0.2, 0.25) is 0 Å². The van der Waals surface area contributed by atoms with Crippen molar-refractivity contribution in [2.45, 2.75) is 31.6 Å². The van der Waals surface area contributed by atoms with Gasteiger partial charge in [0.25, 0.3) is 0 Å². The molecule has 1 aromatic heterocycles. The highest BCUT2D eigenvalue weighted by molar-refractivity contribution is 7.10. The highest BCUT2D eigenvalue weighted by Crippen LogP contribution is 2.36. The van der Waals surface area contributed by atoms with E-state index in [0.717, 1.165) is 10.4 Å². The van der Waals surface area contributed by atoms with E-state index >= 15 is 0 Å². The molecule has 1 saturated carbocycles. The monoisotopic (exact) mass is 256 g/mol. The standard InChI is InChI=1S/C16H16OS/c17-16(11-15-8-3-9-18-15)14-7-2-6-13(10-14)12-4-1-5-12/h2-3,6-10,12H,1,4-5,11H2. The lowest BCUT2D eigenvalue weighted by molar-refractivity contribution is 0.0993. The zero-order valence-corrected chi connectivity index (χ0v) is 11.1. The Labute approximate surface area is 111 Å². The van der Waals surface area contributed by atoms with Crippen LogP contribution >= 0.6 is 11.3 Å². The van der Waals surface area contributed by atoms with Crippen LogP contribution in [-0.4, -0.2) is 5.78 Å².